The summed E-state index contributed by atoms with van der Waals surface area (Å²) < 4.78 is 65.4. The number of rotatable bonds is 6. The highest BCUT2D eigenvalue weighted by Gasteiger charge is 2.38. The summed E-state index contributed by atoms with van der Waals surface area (Å²) in [5, 5.41) is 10.9. The van der Waals surface area contributed by atoms with E-state index in [2.05, 4.69) is 32.1 Å². The molecule has 36 heavy (non-hydrogen) atoms. The lowest BCUT2D eigenvalue weighted by atomic mass is 10.0. The van der Waals surface area contributed by atoms with E-state index in [0.717, 1.165) is 39.9 Å². The van der Waals surface area contributed by atoms with Crippen LogP contribution in [0.2, 0.25) is 0 Å². The number of pyridine rings is 2. The number of halogens is 5. The summed E-state index contributed by atoms with van der Waals surface area (Å²) in [6.07, 6.45) is -0.201. The standard InChI is InChI=1S/C25H21F5N6/c1-15(33-19-3-5-22(32-12-19)25(28,29)30)23-20-9-17(2-4-21(20)34-35-23)18-8-16(10-31-11-18)13-36-7-6-24(26,27)14-36/h2-5,8-12,33H,1,6-7,13-14H2,(H,34,35). The zero-order valence-corrected chi connectivity index (χ0v) is 18.9. The number of nitrogens with one attached hydrogen (secondary N) is 2. The summed E-state index contributed by atoms with van der Waals surface area (Å²) in [6, 6.07) is 9.73. The number of aromatic amines is 1. The van der Waals surface area contributed by atoms with Crippen molar-refractivity contribution in [2.45, 2.75) is 25.1 Å². The molecule has 1 aliphatic rings. The van der Waals surface area contributed by atoms with E-state index in [0.29, 0.717) is 30.2 Å². The van der Waals surface area contributed by atoms with Gasteiger partial charge < -0.3 is 5.32 Å². The third kappa shape index (κ3) is 5.06. The molecule has 6 nitrogen and oxygen atoms in total. The van der Waals surface area contributed by atoms with Crippen LogP contribution in [0.1, 0.15) is 23.4 Å². The molecule has 0 aliphatic carbocycles. The van der Waals surface area contributed by atoms with Gasteiger partial charge in [-0.3, -0.25) is 15.0 Å². The van der Waals surface area contributed by atoms with E-state index in [9.17, 15) is 22.0 Å². The quantitative estimate of drug-likeness (QED) is 0.320. The fraction of sp³-hybridized carbons (Fsp3) is 0.240. The highest BCUT2D eigenvalue weighted by Crippen LogP contribution is 2.31. The van der Waals surface area contributed by atoms with Gasteiger partial charge in [-0.25, -0.2) is 13.8 Å². The van der Waals surface area contributed by atoms with Gasteiger partial charge in [0.25, 0.3) is 5.92 Å². The maximum atomic E-state index is 13.5. The second-order valence-corrected chi connectivity index (χ2v) is 8.76. The van der Waals surface area contributed by atoms with Gasteiger partial charge in [-0.2, -0.15) is 18.3 Å². The van der Waals surface area contributed by atoms with Crippen molar-refractivity contribution in [2.75, 3.05) is 18.4 Å². The number of fused-ring (bicyclic) bond motifs is 1. The summed E-state index contributed by atoms with van der Waals surface area (Å²) in [6.45, 7) is 4.44. The van der Waals surface area contributed by atoms with E-state index in [4.69, 9.17) is 0 Å². The molecule has 0 bridgehead atoms. The Balaban J connectivity index is 1.36. The Kier molecular flexibility index (Phi) is 5.95. The molecule has 1 aliphatic heterocycles. The van der Waals surface area contributed by atoms with E-state index in [-0.39, 0.29) is 13.0 Å². The molecule has 186 valence electrons. The monoisotopic (exact) mass is 500 g/mol. The maximum Gasteiger partial charge on any atom is 0.433 e. The van der Waals surface area contributed by atoms with Crippen molar-refractivity contribution >= 4 is 22.3 Å². The first-order valence-corrected chi connectivity index (χ1v) is 11.1. The average molecular weight is 500 g/mol. The number of nitrogens with zero attached hydrogens (tertiary/aromatic N) is 4. The van der Waals surface area contributed by atoms with Crippen LogP contribution in [-0.4, -0.2) is 44.1 Å². The molecule has 0 unspecified atom stereocenters. The predicted octanol–water partition coefficient (Wildman–Crippen LogP) is 5.96. The number of benzene rings is 1. The molecular formula is C25H21F5N6. The van der Waals surface area contributed by atoms with Gasteiger partial charge in [-0.15, -0.1) is 0 Å². The van der Waals surface area contributed by atoms with Crippen molar-refractivity contribution in [3.63, 3.8) is 0 Å². The number of aromatic nitrogens is 4. The molecular weight excluding hydrogens is 479 g/mol. The second kappa shape index (κ2) is 8.98. The van der Waals surface area contributed by atoms with Gasteiger partial charge in [0.05, 0.1) is 29.6 Å². The molecule has 0 saturated carbocycles. The number of alkyl halides is 5. The molecule has 0 atom stereocenters. The minimum Gasteiger partial charge on any atom is -0.353 e. The summed E-state index contributed by atoms with van der Waals surface area (Å²) in [4.78, 5) is 9.45. The smallest absolute Gasteiger partial charge is 0.353 e. The van der Waals surface area contributed by atoms with Gasteiger partial charge in [0.1, 0.15) is 11.4 Å². The third-order valence-corrected chi connectivity index (χ3v) is 5.98. The van der Waals surface area contributed by atoms with E-state index in [1.54, 1.807) is 17.3 Å². The van der Waals surface area contributed by atoms with Crippen molar-refractivity contribution in [3.05, 3.63) is 78.5 Å². The zero-order chi connectivity index (χ0) is 25.5. The summed E-state index contributed by atoms with van der Waals surface area (Å²) in [5.41, 5.74) is 3.46. The molecule has 11 heteroatoms. The van der Waals surface area contributed by atoms with Crippen LogP contribution in [0.4, 0.5) is 27.6 Å². The third-order valence-electron chi connectivity index (χ3n) is 5.98. The van der Waals surface area contributed by atoms with Crippen molar-refractivity contribution in [2.24, 2.45) is 0 Å². The zero-order valence-electron chi connectivity index (χ0n) is 18.9. The van der Waals surface area contributed by atoms with Crippen LogP contribution >= 0.6 is 0 Å². The van der Waals surface area contributed by atoms with Crippen molar-refractivity contribution in [3.8, 4) is 11.1 Å². The molecule has 3 aromatic heterocycles. The van der Waals surface area contributed by atoms with Crippen LogP contribution in [0.15, 0.2) is 61.6 Å². The molecule has 4 heterocycles. The minimum atomic E-state index is -4.52. The van der Waals surface area contributed by atoms with Gasteiger partial charge in [-0.1, -0.05) is 12.6 Å². The number of H-pyrrole nitrogens is 1. The molecule has 1 aromatic carbocycles. The van der Waals surface area contributed by atoms with Crippen LogP contribution in [0.3, 0.4) is 0 Å². The summed E-state index contributed by atoms with van der Waals surface area (Å²) >= 11 is 0. The lowest BCUT2D eigenvalue weighted by Crippen LogP contribution is -2.24. The Bertz CT molecular complexity index is 1410. The molecule has 2 N–H and O–H groups in total. The van der Waals surface area contributed by atoms with E-state index in [1.165, 1.54) is 6.07 Å². The van der Waals surface area contributed by atoms with E-state index < -0.39 is 17.8 Å². The second-order valence-electron chi connectivity index (χ2n) is 8.76. The molecule has 0 amide bonds. The number of hydrogen-bond acceptors (Lipinski definition) is 5. The topological polar surface area (TPSA) is 69.7 Å². The lowest BCUT2D eigenvalue weighted by molar-refractivity contribution is -0.141. The van der Waals surface area contributed by atoms with Gasteiger partial charge in [0.2, 0.25) is 0 Å². The number of likely N-dealkylation sites (tertiary alicyclic amines) is 1. The average Bonchev–Trinajstić information content (AvgIpc) is 3.41. The van der Waals surface area contributed by atoms with E-state index in [1.807, 2.05) is 24.3 Å². The molecule has 1 saturated heterocycles. The van der Waals surface area contributed by atoms with Crippen molar-refractivity contribution in [1.29, 1.82) is 0 Å². The number of anilines is 1. The highest BCUT2D eigenvalue weighted by molar-refractivity contribution is 5.95. The fourth-order valence-electron chi connectivity index (χ4n) is 4.22. The normalized spacial score (nSPS) is 15.9. The molecule has 5 rings (SSSR count). The summed E-state index contributed by atoms with van der Waals surface area (Å²) in [7, 11) is 0. The van der Waals surface area contributed by atoms with Crippen LogP contribution in [0.25, 0.3) is 27.7 Å². The SMILES string of the molecule is C=C(Nc1ccc(C(F)(F)F)nc1)c1n[nH]c2ccc(-c3cncc(CN4CCC(F)(F)C4)c3)cc12. The Morgan fingerprint density at radius 1 is 1.08 bits per heavy atom. The van der Waals surface area contributed by atoms with Crippen molar-refractivity contribution < 1.29 is 22.0 Å². The van der Waals surface area contributed by atoms with Crippen LogP contribution in [-0.2, 0) is 12.7 Å². The van der Waals surface area contributed by atoms with Crippen molar-refractivity contribution in [1.82, 2.24) is 25.1 Å². The maximum absolute atomic E-state index is 13.5. The van der Waals surface area contributed by atoms with E-state index >= 15 is 0 Å². The Morgan fingerprint density at radius 2 is 1.92 bits per heavy atom. The Hall–Kier alpha value is -3.86. The predicted molar refractivity (Wildman–Crippen MR) is 126 cm³/mol. The first kappa shape index (κ1) is 23.9. The van der Waals surface area contributed by atoms with Gasteiger partial charge in [-0.05, 0) is 41.5 Å². The lowest BCUT2D eigenvalue weighted by Gasteiger charge is -2.15. The number of hydrogen-bond donors (Lipinski definition) is 2. The minimum absolute atomic E-state index is 0.138. The molecule has 4 aromatic rings. The molecule has 0 spiro atoms. The Morgan fingerprint density at radius 3 is 2.61 bits per heavy atom. The highest BCUT2D eigenvalue weighted by atomic mass is 19.4. The van der Waals surface area contributed by atoms with Crippen LogP contribution < -0.4 is 5.32 Å². The molecule has 1 fully saturated rings. The van der Waals surface area contributed by atoms with Gasteiger partial charge >= 0.3 is 6.18 Å². The van der Waals surface area contributed by atoms with Crippen LogP contribution in [0.5, 0.6) is 0 Å². The summed E-state index contributed by atoms with van der Waals surface area (Å²) in [5.74, 6) is -2.65. The fourth-order valence-corrected chi connectivity index (χ4v) is 4.22. The first-order chi connectivity index (χ1) is 17.1. The van der Waals surface area contributed by atoms with Crippen LogP contribution in [0, 0.1) is 0 Å². The molecule has 0 radical (unpaired) electrons. The van der Waals surface area contributed by atoms with Gasteiger partial charge in [0.15, 0.2) is 0 Å². The first-order valence-electron chi connectivity index (χ1n) is 11.1. The largest absolute Gasteiger partial charge is 0.433 e. The van der Waals surface area contributed by atoms with Gasteiger partial charge in [0, 0.05) is 42.9 Å². The Labute approximate surface area is 202 Å².